The van der Waals surface area contributed by atoms with Crippen LogP contribution in [-0.2, 0) is 16.2 Å². The van der Waals surface area contributed by atoms with Gasteiger partial charge in [-0.1, -0.05) is 12.5 Å². The molecule has 4 rings (SSSR count). The minimum Gasteiger partial charge on any atom is -0.297 e. The molecule has 3 aliphatic rings. The molecule has 5 heteroatoms. The van der Waals surface area contributed by atoms with Crippen LogP contribution in [0.4, 0.5) is 0 Å². The lowest BCUT2D eigenvalue weighted by atomic mass is 9.76. The van der Waals surface area contributed by atoms with Crippen LogP contribution in [0.15, 0.2) is 18.2 Å². The SMILES string of the molecule is Cc1cccc(CN2CC[C@@]3(CCC[C@H]3C(=O)N3CCCCO3)C2)n1. The first-order valence-electron chi connectivity index (χ1n) is 9.75. The Labute approximate surface area is 150 Å². The molecule has 0 bridgehead atoms. The number of rotatable bonds is 3. The second-order valence-electron chi connectivity index (χ2n) is 8.02. The number of nitrogens with zero attached hydrogens (tertiary/aromatic N) is 3. The Kier molecular flexibility index (Phi) is 4.78. The first kappa shape index (κ1) is 17.0. The fourth-order valence-corrected chi connectivity index (χ4v) is 4.99. The van der Waals surface area contributed by atoms with Crippen LogP contribution in [-0.4, -0.2) is 47.1 Å². The maximum atomic E-state index is 13.0. The van der Waals surface area contributed by atoms with Gasteiger partial charge in [0.25, 0.3) is 0 Å². The standard InChI is InChI=1S/C20H29N3O2/c1-16-6-4-7-17(21-16)14-22-12-10-20(15-22)9-5-8-18(20)19(24)23-11-2-3-13-25-23/h4,6-7,18H,2-3,5,8-15H2,1H3/t18-,20-/m0/s1. The van der Waals surface area contributed by atoms with Gasteiger partial charge < -0.3 is 0 Å². The second-order valence-corrected chi connectivity index (χ2v) is 8.02. The maximum Gasteiger partial charge on any atom is 0.249 e. The van der Waals surface area contributed by atoms with E-state index in [-0.39, 0.29) is 17.2 Å². The van der Waals surface area contributed by atoms with Gasteiger partial charge in [0, 0.05) is 31.2 Å². The molecule has 1 aromatic rings. The number of carbonyl (C=O) groups excluding carboxylic acids is 1. The topological polar surface area (TPSA) is 45.7 Å². The minimum atomic E-state index is 0.140. The van der Waals surface area contributed by atoms with Gasteiger partial charge in [-0.3, -0.25) is 19.5 Å². The van der Waals surface area contributed by atoms with Gasteiger partial charge in [-0.2, -0.15) is 0 Å². The van der Waals surface area contributed by atoms with E-state index in [0.29, 0.717) is 6.61 Å². The van der Waals surface area contributed by atoms with Crippen molar-refractivity contribution in [2.24, 2.45) is 11.3 Å². The molecule has 25 heavy (non-hydrogen) atoms. The summed E-state index contributed by atoms with van der Waals surface area (Å²) in [7, 11) is 0. The summed E-state index contributed by atoms with van der Waals surface area (Å²) in [6.45, 7) is 6.48. The normalized spacial score (nSPS) is 30.3. The molecule has 0 unspecified atom stereocenters. The lowest BCUT2D eigenvalue weighted by Crippen LogP contribution is -2.45. The summed E-state index contributed by atoms with van der Waals surface area (Å²) in [6, 6.07) is 6.23. The second kappa shape index (κ2) is 7.04. The third-order valence-corrected chi connectivity index (χ3v) is 6.25. The van der Waals surface area contributed by atoms with Crippen LogP contribution in [0.5, 0.6) is 0 Å². The van der Waals surface area contributed by atoms with E-state index in [4.69, 9.17) is 4.84 Å². The summed E-state index contributed by atoms with van der Waals surface area (Å²) in [4.78, 5) is 25.8. The van der Waals surface area contributed by atoms with Gasteiger partial charge >= 0.3 is 0 Å². The largest absolute Gasteiger partial charge is 0.297 e. The molecule has 0 aromatic carbocycles. The zero-order valence-corrected chi connectivity index (χ0v) is 15.2. The van der Waals surface area contributed by atoms with Crippen LogP contribution < -0.4 is 0 Å². The average Bonchev–Trinajstić information content (AvgIpc) is 3.22. The lowest BCUT2D eigenvalue weighted by Gasteiger charge is -2.35. The van der Waals surface area contributed by atoms with Gasteiger partial charge in [0.2, 0.25) is 5.91 Å². The van der Waals surface area contributed by atoms with E-state index in [9.17, 15) is 4.79 Å². The number of aryl methyl sites for hydroxylation is 1. The highest BCUT2D eigenvalue weighted by atomic mass is 16.7. The predicted octanol–water partition coefficient (Wildman–Crippen LogP) is 2.94. The molecule has 1 amide bonds. The molecule has 1 aromatic heterocycles. The van der Waals surface area contributed by atoms with Crippen molar-refractivity contribution in [3.05, 3.63) is 29.6 Å². The molecule has 3 fully saturated rings. The van der Waals surface area contributed by atoms with Crippen LogP contribution in [0.25, 0.3) is 0 Å². The molecular weight excluding hydrogens is 314 g/mol. The van der Waals surface area contributed by atoms with E-state index in [1.165, 1.54) is 12.8 Å². The predicted molar refractivity (Wildman–Crippen MR) is 95.5 cm³/mol. The summed E-state index contributed by atoms with van der Waals surface area (Å²) in [5.41, 5.74) is 2.36. The molecule has 1 saturated carbocycles. The molecule has 2 atom stereocenters. The fraction of sp³-hybridized carbons (Fsp3) is 0.700. The summed E-state index contributed by atoms with van der Waals surface area (Å²) in [5, 5.41) is 1.67. The molecule has 136 valence electrons. The maximum absolute atomic E-state index is 13.0. The van der Waals surface area contributed by atoms with E-state index in [1.807, 2.05) is 13.0 Å². The Morgan fingerprint density at radius 3 is 3.00 bits per heavy atom. The third kappa shape index (κ3) is 3.44. The molecular formula is C20H29N3O2. The van der Waals surface area contributed by atoms with Gasteiger partial charge in [0.1, 0.15) is 0 Å². The average molecular weight is 343 g/mol. The summed E-state index contributed by atoms with van der Waals surface area (Å²) >= 11 is 0. The van der Waals surface area contributed by atoms with Crippen LogP contribution in [0.2, 0.25) is 0 Å². The Bertz CT molecular complexity index is 629. The highest BCUT2D eigenvalue weighted by Crippen LogP contribution is 2.50. The molecule has 0 radical (unpaired) electrons. The Morgan fingerprint density at radius 1 is 1.28 bits per heavy atom. The van der Waals surface area contributed by atoms with Gasteiger partial charge in [0.05, 0.1) is 12.3 Å². The number of hydrogen-bond donors (Lipinski definition) is 0. The van der Waals surface area contributed by atoms with E-state index < -0.39 is 0 Å². The van der Waals surface area contributed by atoms with Gasteiger partial charge in [0.15, 0.2) is 0 Å². The van der Waals surface area contributed by atoms with E-state index in [1.54, 1.807) is 5.06 Å². The van der Waals surface area contributed by atoms with Crippen molar-refractivity contribution >= 4 is 5.91 Å². The number of aromatic nitrogens is 1. The Hall–Kier alpha value is -1.46. The number of pyridine rings is 1. The highest BCUT2D eigenvalue weighted by molar-refractivity contribution is 5.79. The van der Waals surface area contributed by atoms with Crippen LogP contribution in [0.1, 0.15) is 49.9 Å². The highest BCUT2D eigenvalue weighted by Gasteiger charge is 2.51. The van der Waals surface area contributed by atoms with Gasteiger partial charge in [-0.25, -0.2) is 5.06 Å². The van der Waals surface area contributed by atoms with Crippen molar-refractivity contribution in [2.75, 3.05) is 26.2 Å². The van der Waals surface area contributed by atoms with Crippen LogP contribution >= 0.6 is 0 Å². The molecule has 2 aliphatic heterocycles. The molecule has 2 saturated heterocycles. The van der Waals surface area contributed by atoms with E-state index >= 15 is 0 Å². The number of carbonyl (C=O) groups is 1. The number of hydroxylamine groups is 2. The fourth-order valence-electron chi connectivity index (χ4n) is 4.99. The molecule has 0 N–H and O–H groups in total. The monoisotopic (exact) mass is 343 g/mol. The minimum absolute atomic E-state index is 0.140. The van der Waals surface area contributed by atoms with E-state index in [0.717, 1.165) is 63.3 Å². The van der Waals surface area contributed by atoms with Crippen molar-refractivity contribution in [1.29, 1.82) is 0 Å². The molecule has 5 nitrogen and oxygen atoms in total. The first-order chi connectivity index (χ1) is 12.2. The molecule has 1 spiro atoms. The van der Waals surface area contributed by atoms with Crippen LogP contribution in [0, 0.1) is 18.3 Å². The summed E-state index contributed by atoms with van der Waals surface area (Å²) in [5.74, 6) is 0.383. The number of amides is 1. The van der Waals surface area contributed by atoms with Crippen molar-refractivity contribution in [1.82, 2.24) is 14.9 Å². The van der Waals surface area contributed by atoms with Crippen molar-refractivity contribution < 1.29 is 9.63 Å². The van der Waals surface area contributed by atoms with E-state index in [2.05, 4.69) is 22.0 Å². The van der Waals surface area contributed by atoms with Gasteiger partial charge in [-0.05, 0) is 63.1 Å². The molecule has 3 heterocycles. The Balaban J connectivity index is 1.43. The first-order valence-corrected chi connectivity index (χ1v) is 9.75. The quantitative estimate of drug-likeness (QED) is 0.846. The van der Waals surface area contributed by atoms with Crippen LogP contribution in [0.3, 0.4) is 0 Å². The smallest absolute Gasteiger partial charge is 0.249 e. The summed E-state index contributed by atoms with van der Waals surface area (Å²) in [6.07, 6.45) is 6.63. The summed E-state index contributed by atoms with van der Waals surface area (Å²) < 4.78 is 0. The third-order valence-electron chi connectivity index (χ3n) is 6.25. The zero-order chi connectivity index (χ0) is 17.3. The van der Waals surface area contributed by atoms with Crippen molar-refractivity contribution in [3.63, 3.8) is 0 Å². The number of likely N-dealkylation sites (tertiary alicyclic amines) is 1. The molecule has 1 aliphatic carbocycles. The van der Waals surface area contributed by atoms with Crippen molar-refractivity contribution in [3.8, 4) is 0 Å². The lowest BCUT2D eigenvalue weighted by molar-refractivity contribution is -0.204. The Morgan fingerprint density at radius 2 is 2.20 bits per heavy atom. The number of hydrogen-bond acceptors (Lipinski definition) is 4. The zero-order valence-electron chi connectivity index (χ0n) is 15.2. The van der Waals surface area contributed by atoms with Crippen molar-refractivity contribution in [2.45, 2.75) is 52.0 Å². The van der Waals surface area contributed by atoms with Gasteiger partial charge in [-0.15, -0.1) is 0 Å².